The number of amides is 1. The molecule has 10 heteroatoms. The van der Waals surface area contributed by atoms with Crippen LogP contribution in [0.5, 0.6) is 11.5 Å². The quantitative estimate of drug-likeness (QED) is 0.474. The summed E-state index contributed by atoms with van der Waals surface area (Å²) < 4.78 is 18.6. The predicted octanol–water partition coefficient (Wildman–Crippen LogP) is 4.68. The maximum Gasteiger partial charge on any atom is 0.254 e. The molecule has 4 heterocycles. The van der Waals surface area contributed by atoms with Crippen molar-refractivity contribution in [1.82, 2.24) is 15.2 Å². The molecule has 0 saturated carbocycles. The zero-order valence-corrected chi connectivity index (χ0v) is 24.0. The lowest BCUT2D eigenvalue weighted by atomic mass is 9.89. The number of rotatable bonds is 7. The molecule has 3 aliphatic rings. The van der Waals surface area contributed by atoms with Crippen LogP contribution in [0.25, 0.3) is 0 Å². The van der Waals surface area contributed by atoms with Crippen molar-refractivity contribution >= 4 is 29.3 Å². The van der Waals surface area contributed by atoms with Crippen molar-refractivity contribution in [1.29, 1.82) is 0 Å². The zero-order valence-electron chi connectivity index (χ0n) is 22.4. The molecule has 0 spiro atoms. The molecule has 2 N–H and O–H groups in total. The fourth-order valence-corrected chi connectivity index (χ4v) is 6.70. The number of hydrogen-bond acceptors (Lipinski definition) is 7. The number of thioether (sulfide) groups is 1. The van der Waals surface area contributed by atoms with Gasteiger partial charge in [0.05, 0.1) is 11.1 Å². The Kier molecular flexibility index (Phi) is 8.01. The molecule has 1 aromatic carbocycles. The van der Waals surface area contributed by atoms with Gasteiger partial charge in [-0.15, -0.1) is 11.8 Å². The summed E-state index contributed by atoms with van der Waals surface area (Å²) in [5.41, 5.74) is 2.18. The molecule has 2 atom stereocenters. The van der Waals surface area contributed by atoms with Crippen LogP contribution in [0.1, 0.15) is 59.8 Å². The number of benzene rings is 1. The second-order valence-electron chi connectivity index (χ2n) is 10.6. The third-order valence-corrected chi connectivity index (χ3v) is 9.07. The number of likely N-dealkylation sites (tertiary alicyclic amines) is 1. The second kappa shape index (κ2) is 11.1. The van der Waals surface area contributed by atoms with Gasteiger partial charge in [0.15, 0.2) is 11.5 Å². The average Bonchev–Trinajstić information content (AvgIpc) is 3.54. The standard InChI is InChI=1S/C28H36ClN3O5S/c1-16-12-23(38-4)21(27(34)31-16)14-30-26(33)20-13-22(29)25-24(17(20)2)36-28(3,37-25)18-7-9-32(10-8-18)15-19-6-5-11-35-19/h12-13,18-19H,5-11,14-15H2,1-4H3,(H,30,33)(H,31,34)/t19-,28-/m1/s1. The van der Waals surface area contributed by atoms with E-state index in [2.05, 4.69) is 15.2 Å². The number of aromatic nitrogens is 1. The number of carbonyl (C=O) groups excluding carboxylic acids is 1. The molecule has 206 valence electrons. The van der Waals surface area contributed by atoms with Crippen molar-refractivity contribution < 1.29 is 19.0 Å². The molecule has 5 rings (SSSR count). The number of pyridine rings is 1. The van der Waals surface area contributed by atoms with Crippen LogP contribution in [-0.4, -0.2) is 60.2 Å². The first kappa shape index (κ1) is 27.4. The smallest absolute Gasteiger partial charge is 0.254 e. The van der Waals surface area contributed by atoms with Gasteiger partial charge in [-0.3, -0.25) is 9.59 Å². The highest BCUT2D eigenvalue weighted by Gasteiger charge is 2.47. The highest BCUT2D eigenvalue weighted by Crippen LogP contribution is 2.51. The molecule has 2 fully saturated rings. The number of aryl methyl sites for hydroxylation is 1. The summed E-state index contributed by atoms with van der Waals surface area (Å²) >= 11 is 8.09. The lowest BCUT2D eigenvalue weighted by molar-refractivity contribution is -0.126. The van der Waals surface area contributed by atoms with E-state index in [4.69, 9.17) is 25.8 Å². The molecule has 1 aromatic heterocycles. The number of hydrogen-bond donors (Lipinski definition) is 2. The third-order valence-electron chi connectivity index (χ3n) is 7.98. The molecule has 2 aromatic rings. The SMILES string of the molecule is CSc1cc(C)[nH]c(=O)c1CNC(=O)c1cc(Cl)c2c(c1C)O[C@@](C)(C1CCN(C[C@H]3CCCO3)CC1)O2. The largest absolute Gasteiger partial charge is 0.448 e. The second-order valence-corrected chi connectivity index (χ2v) is 11.9. The summed E-state index contributed by atoms with van der Waals surface area (Å²) in [7, 11) is 0. The van der Waals surface area contributed by atoms with Gasteiger partial charge in [0.25, 0.3) is 17.3 Å². The van der Waals surface area contributed by atoms with Gasteiger partial charge in [-0.1, -0.05) is 11.6 Å². The molecule has 0 bridgehead atoms. The fraction of sp³-hybridized carbons (Fsp3) is 0.571. The Labute approximate surface area is 232 Å². The number of ether oxygens (including phenoxy) is 3. The minimum atomic E-state index is -0.843. The van der Waals surface area contributed by atoms with Gasteiger partial charge >= 0.3 is 0 Å². The van der Waals surface area contributed by atoms with E-state index < -0.39 is 5.79 Å². The lowest BCUT2D eigenvalue weighted by Gasteiger charge is -2.39. The Hall–Kier alpha value is -2.20. The van der Waals surface area contributed by atoms with Crippen LogP contribution in [0.15, 0.2) is 21.8 Å². The number of fused-ring (bicyclic) bond motifs is 1. The Bertz CT molecular complexity index is 1270. The van der Waals surface area contributed by atoms with E-state index in [1.165, 1.54) is 11.8 Å². The lowest BCUT2D eigenvalue weighted by Crippen LogP contribution is -2.49. The molecule has 8 nitrogen and oxygen atoms in total. The van der Waals surface area contributed by atoms with Crippen molar-refractivity contribution in [2.45, 2.75) is 69.8 Å². The van der Waals surface area contributed by atoms with E-state index in [1.807, 2.05) is 33.1 Å². The van der Waals surface area contributed by atoms with Crippen molar-refractivity contribution in [3.63, 3.8) is 0 Å². The molecular weight excluding hydrogens is 526 g/mol. The maximum atomic E-state index is 13.2. The highest BCUT2D eigenvalue weighted by molar-refractivity contribution is 7.98. The van der Waals surface area contributed by atoms with Crippen LogP contribution in [0.3, 0.4) is 0 Å². The van der Waals surface area contributed by atoms with Crippen LogP contribution in [0.4, 0.5) is 0 Å². The average molecular weight is 562 g/mol. The number of aromatic amines is 1. The van der Waals surface area contributed by atoms with E-state index in [9.17, 15) is 9.59 Å². The summed E-state index contributed by atoms with van der Waals surface area (Å²) in [6, 6.07) is 3.53. The van der Waals surface area contributed by atoms with Crippen LogP contribution < -0.4 is 20.3 Å². The van der Waals surface area contributed by atoms with Gasteiger partial charge in [-0.25, -0.2) is 0 Å². The minimum Gasteiger partial charge on any atom is -0.448 e. The first-order valence-corrected chi connectivity index (χ1v) is 14.9. The van der Waals surface area contributed by atoms with E-state index in [0.717, 1.165) is 62.5 Å². The molecule has 2 saturated heterocycles. The zero-order chi connectivity index (χ0) is 27.0. The Morgan fingerprint density at radius 3 is 2.63 bits per heavy atom. The first-order valence-electron chi connectivity index (χ1n) is 13.3. The van der Waals surface area contributed by atoms with Crippen LogP contribution in [0.2, 0.25) is 5.02 Å². The number of nitrogens with one attached hydrogen (secondary N) is 2. The Balaban J connectivity index is 1.27. The predicted molar refractivity (Wildman–Crippen MR) is 149 cm³/mol. The maximum absolute atomic E-state index is 13.2. The van der Waals surface area contributed by atoms with Gasteiger partial charge in [0, 0.05) is 59.8 Å². The van der Waals surface area contributed by atoms with Crippen LogP contribution in [0, 0.1) is 19.8 Å². The molecule has 0 unspecified atom stereocenters. The number of H-pyrrole nitrogens is 1. The van der Waals surface area contributed by atoms with E-state index >= 15 is 0 Å². The van der Waals surface area contributed by atoms with Crippen molar-refractivity contribution in [2.75, 3.05) is 32.5 Å². The van der Waals surface area contributed by atoms with Crippen LogP contribution >= 0.6 is 23.4 Å². The molecule has 0 aliphatic carbocycles. The van der Waals surface area contributed by atoms with Crippen molar-refractivity contribution in [3.05, 3.63) is 49.9 Å². The first-order chi connectivity index (χ1) is 18.2. The minimum absolute atomic E-state index is 0.109. The van der Waals surface area contributed by atoms with Gasteiger partial charge in [-0.2, -0.15) is 0 Å². The summed E-state index contributed by atoms with van der Waals surface area (Å²) in [6.07, 6.45) is 6.46. The summed E-state index contributed by atoms with van der Waals surface area (Å²) in [5.74, 6) is 0.0413. The molecule has 1 amide bonds. The van der Waals surface area contributed by atoms with Gasteiger partial charge in [0.2, 0.25) is 0 Å². The van der Waals surface area contributed by atoms with Gasteiger partial charge < -0.3 is 29.4 Å². The monoisotopic (exact) mass is 561 g/mol. The van der Waals surface area contributed by atoms with E-state index in [0.29, 0.717) is 39.3 Å². The number of carbonyl (C=O) groups is 1. The Morgan fingerprint density at radius 2 is 1.95 bits per heavy atom. The molecule has 38 heavy (non-hydrogen) atoms. The fourth-order valence-electron chi connectivity index (χ4n) is 5.76. The number of nitrogens with zero attached hydrogens (tertiary/aromatic N) is 1. The number of piperidine rings is 1. The highest BCUT2D eigenvalue weighted by atomic mass is 35.5. The normalized spacial score (nSPS) is 23.7. The van der Waals surface area contributed by atoms with E-state index in [1.54, 1.807) is 6.07 Å². The molecular formula is C28H36ClN3O5S. The summed E-state index contributed by atoms with van der Waals surface area (Å²) in [4.78, 5) is 31.8. The number of halogens is 1. The van der Waals surface area contributed by atoms with Crippen molar-refractivity contribution in [2.24, 2.45) is 5.92 Å². The van der Waals surface area contributed by atoms with Crippen molar-refractivity contribution in [3.8, 4) is 11.5 Å². The Morgan fingerprint density at radius 1 is 1.21 bits per heavy atom. The van der Waals surface area contributed by atoms with Gasteiger partial charge in [0.1, 0.15) is 0 Å². The molecule has 0 radical (unpaired) electrons. The van der Waals surface area contributed by atoms with Crippen LogP contribution in [-0.2, 0) is 11.3 Å². The third kappa shape index (κ3) is 5.43. The van der Waals surface area contributed by atoms with E-state index in [-0.39, 0.29) is 23.9 Å². The molecule has 3 aliphatic heterocycles. The topological polar surface area (TPSA) is 92.9 Å². The summed E-state index contributed by atoms with van der Waals surface area (Å²) in [5, 5.41) is 3.23. The summed E-state index contributed by atoms with van der Waals surface area (Å²) in [6.45, 7) is 9.57. The van der Waals surface area contributed by atoms with Gasteiger partial charge in [-0.05, 0) is 71.0 Å².